The zero-order valence-corrected chi connectivity index (χ0v) is 16.3. The average molecular weight is 384 g/mol. The molecule has 1 amide bonds. The van der Waals surface area contributed by atoms with Gasteiger partial charge in [-0.05, 0) is 31.0 Å². The van der Waals surface area contributed by atoms with Crippen LogP contribution in [0.5, 0.6) is 0 Å². The summed E-state index contributed by atoms with van der Waals surface area (Å²) in [5.41, 5.74) is 9.18. The van der Waals surface area contributed by atoms with Crippen molar-refractivity contribution in [1.29, 1.82) is 0 Å². The summed E-state index contributed by atoms with van der Waals surface area (Å²) < 4.78 is 0. The number of hydrogen-bond acceptors (Lipinski definition) is 3. The highest BCUT2D eigenvalue weighted by Crippen LogP contribution is 2.12. The van der Waals surface area contributed by atoms with Crippen molar-refractivity contribution in [2.75, 3.05) is 25.0 Å². The van der Waals surface area contributed by atoms with E-state index in [9.17, 15) is 4.79 Å². The van der Waals surface area contributed by atoms with E-state index in [1.807, 2.05) is 49.4 Å². The van der Waals surface area contributed by atoms with Crippen LogP contribution in [-0.4, -0.2) is 26.0 Å². The number of benzene rings is 2. The normalized spacial score (nSPS) is 10.8. The summed E-state index contributed by atoms with van der Waals surface area (Å²) in [6.45, 7) is 3.51. The van der Waals surface area contributed by atoms with Crippen molar-refractivity contribution >= 4 is 36.4 Å². The molecule has 2 rings (SSSR count). The number of halogens is 2. The molecule has 2 aromatic carbocycles. The maximum atomic E-state index is 12.1. The number of aryl methyl sites for hydroxylation is 1. The average Bonchev–Trinajstić information content (AvgIpc) is 2.59. The summed E-state index contributed by atoms with van der Waals surface area (Å²) in [5.74, 6) is -0.129. The van der Waals surface area contributed by atoms with Crippen LogP contribution in [0.3, 0.4) is 0 Å². The van der Waals surface area contributed by atoms with Gasteiger partial charge < -0.3 is 16.0 Å². The molecule has 1 atom stereocenters. The molecule has 0 heterocycles. The summed E-state index contributed by atoms with van der Waals surface area (Å²) >= 11 is 0. The number of nitrogens with zero attached hydrogens (tertiary/aromatic N) is 1. The second-order valence-electron chi connectivity index (χ2n) is 5.79. The number of rotatable bonds is 7. The third-order valence-electron chi connectivity index (χ3n) is 3.89. The van der Waals surface area contributed by atoms with Gasteiger partial charge in [0, 0.05) is 25.8 Å². The Hall–Kier alpha value is -1.75. The molecule has 25 heavy (non-hydrogen) atoms. The van der Waals surface area contributed by atoms with Crippen LogP contribution in [-0.2, 0) is 4.79 Å². The second kappa shape index (κ2) is 11.7. The Morgan fingerprint density at radius 2 is 1.68 bits per heavy atom. The van der Waals surface area contributed by atoms with E-state index in [4.69, 9.17) is 5.73 Å². The second-order valence-corrected chi connectivity index (χ2v) is 5.79. The molecule has 0 spiro atoms. The summed E-state index contributed by atoms with van der Waals surface area (Å²) in [6.07, 6.45) is 0.873. The summed E-state index contributed by atoms with van der Waals surface area (Å²) in [5, 5.41) is 2.91. The lowest BCUT2D eigenvalue weighted by atomic mass is 10.1. The molecule has 0 aliphatic rings. The van der Waals surface area contributed by atoms with Gasteiger partial charge in [0.05, 0.1) is 0 Å². The number of hydrogen-bond donors (Lipinski definition) is 2. The van der Waals surface area contributed by atoms with Crippen LogP contribution in [0.2, 0.25) is 0 Å². The van der Waals surface area contributed by atoms with E-state index in [1.165, 1.54) is 5.69 Å². The van der Waals surface area contributed by atoms with Crippen molar-refractivity contribution in [2.45, 2.75) is 19.4 Å². The van der Waals surface area contributed by atoms with Crippen molar-refractivity contribution in [3.8, 4) is 0 Å². The van der Waals surface area contributed by atoms with Gasteiger partial charge in [-0.2, -0.15) is 0 Å². The van der Waals surface area contributed by atoms with Crippen molar-refractivity contribution in [3.05, 3.63) is 65.7 Å². The first-order chi connectivity index (χ1) is 11.1. The molecule has 4 nitrogen and oxygen atoms in total. The van der Waals surface area contributed by atoms with E-state index in [1.54, 1.807) is 0 Å². The maximum Gasteiger partial charge on any atom is 0.241 e. The van der Waals surface area contributed by atoms with E-state index < -0.39 is 6.04 Å². The summed E-state index contributed by atoms with van der Waals surface area (Å²) in [6, 6.07) is 17.3. The van der Waals surface area contributed by atoms with E-state index in [2.05, 4.69) is 29.4 Å². The van der Waals surface area contributed by atoms with Crippen LogP contribution in [0, 0.1) is 6.92 Å². The van der Waals surface area contributed by atoms with Gasteiger partial charge in [0.1, 0.15) is 6.04 Å². The standard InChI is InChI=1S/C19H25N3O.2ClH/c1-15-9-11-16(12-10-15)18(20)19(23)21-13-6-14-22(2)17-7-4-3-5-8-17;;/h3-5,7-12,18H,6,13-14,20H2,1-2H3,(H,21,23);2*1H. The van der Waals surface area contributed by atoms with Gasteiger partial charge >= 0.3 is 0 Å². The van der Waals surface area contributed by atoms with Gasteiger partial charge in [-0.1, -0.05) is 48.0 Å². The number of amides is 1. The van der Waals surface area contributed by atoms with Crippen LogP contribution < -0.4 is 16.0 Å². The number of nitrogens with one attached hydrogen (secondary N) is 1. The Kier molecular flexibility index (Phi) is 10.9. The van der Waals surface area contributed by atoms with Gasteiger partial charge in [0.25, 0.3) is 0 Å². The third-order valence-corrected chi connectivity index (χ3v) is 3.89. The van der Waals surface area contributed by atoms with Crippen LogP contribution in [0.4, 0.5) is 5.69 Å². The molecule has 2 aromatic rings. The van der Waals surface area contributed by atoms with Crippen molar-refractivity contribution in [3.63, 3.8) is 0 Å². The minimum Gasteiger partial charge on any atom is -0.375 e. The first-order valence-electron chi connectivity index (χ1n) is 7.94. The fourth-order valence-corrected chi connectivity index (χ4v) is 2.37. The minimum absolute atomic E-state index is 0. The monoisotopic (exact) mass is 383 g/mol. The number of para-hydroxylation sites is 1. The first kappa shape index (κ1) is 23.2. The predicted octanol–water partition coefficient (Wildman–Crippen LogP) is 3.48. The lowest BCUT2D eigenvalue weighted by Crippen LogP contribution is -2.35. The van der Waals surface area contributed by atoms with E-state index in [-0.39, 0.29) is 30.7 Å². The van der Waals surface area contributed by atoms with Crippen LogP contribution in [0.25, 0.3) is 0 Å². The summed E-state index contributed by atoms with van der Waals surface area (Å²) in [4.78, 5) is 14.3. The largest absolute Gasteiger partial charge is 0.375 e. The number of carbonyl (C=O) groups is 1. The molecule has 138 valence electrons. The first-order valence-corrected chi connectivity index (χ1v) is 7.94. The molecular formula is C19H27Cl2N3O. The molecule has 0 aliphatic heterocycles. The Morgan fingerprint density at radius 1 is 1.08 bits per heavy atom. The molecule has 0 saturated carbocycles. The smallest absolute Gasteiger partial charge is 0.241 e. The molecule has 0 aliphatic carbocycles. The quantitative estimate of drug-likeness (QED) is 0.719. The van der Waals surface area contributed by atoms with Crippen molar-refractivity contribution < 1.29 is 4.79 Å². The molecule has 1 unspecified atom stereocenters. The predicted molar refractivity (Wildman–Crippen MR) is 110 cm³/mol. The van der Waals surface area contributed by atoms with Gasteiger partial charge in [-0.25, -0.2) is 0 Å². The number of anilines is 1. The summed E-state index contributed by atoms with van der Waals surface area (Å²) in [7, 11) is 2.05. The molecule has 0 radical (unpaired) electrons. The molecule has 0 saturated heterocycles. The highest BCUT2D eigenvalue weighted by molar-refractivity contribution is 5.85. The van der Waals surface area contributed by atoms with Crippen molar-refractivity contribution in [2.24, 2.45) is 5.73 Å². The Balaban J connectivity index is 0.00000288. The topological polar surface area (TPSA) is 58.4 Å². The van der Waals surface area contributed by atoms with Gasteiger partial charge in [-0.15, -0.1) is 24.8 Å². The van der Waals surface area contributed by atoms with Crippen molar-refractivity contribution in [1.82, 2.24) is 5.32 Å². The molecule has 3 N–H and O–H groups in total. The Morgan fingerprint density at radius 3 is 2.28 bits per heavy atom. The number of nitrogens with two attached hydrogens (primary N) is 1. The maximum absolute atomic E-state index is 12.1. The van der Waals surface area contributed by atoms with Gasteiger partial charge in [0.15, 0.2) is 0 Å². The molecule has 6 heteroatoms. The lowest BCUT2D eigenvalue weighted by Gasteiger charge is -2.19. The van der Waals surface area contributed by atoms with Gasteiger partial charge in [-0.3, -0.25) is 4.79 Å². The fraction of sp³-hybridized carbons (Fsp3) is 0.316. The minimum atomic E-state index is -0.609. The van der Waals surface area contributed by atoms with E-state index in [0.717, 1.165) is 24.1 Å². The van der Waals surface area contributed by atoms with Crippen LogP contribution in [0.1, 0.15) is 23.6 Å². The zero-order chi connectivity index (χ0) is 16.7. The van der Waals surface area contributed by atoms with E-state index >= 15 is 0 Å². The highest BCUT2D eigenvalue weighted by Gasteiger charge is 2.14. The fourth-order valence-electron chi connectivity index (χ4n) is 2.37. The molecule has 0 aromatic heterocycles. The van der Waals surface area contributed by atoms with E-state index in [0.29, 0.717) is 6.54 Å². The Labute approximate surface area is 162 Å². The van der Waals surface area contributed by atoms with Gasteiger partial charge in [0.2, 0.25) is 5.91 Å². The molecular weight excluding hydrogens is 357 g/mol. The zero-order valence-electron chi connectivity index (χ0n) is 14.6. The van der Waals surface area contributed by atoms with Crippen LogP contribution >= 0.6 is 24.8 Å². The Bertz CT molecular complexity index is 620. The molecule has 0 bridgehead atoms. The lowest BCUT2D eigenvalue weighted by molar-refractivity contribution is -0.122. The SMILES string of the molecule is Cc1ccc(C(N)C(=O)NCCCN(C)c2ccccc2)cc1.Cl.Cl. The highest BCUT2D eigenvalue weighted by atomic mass is 35.5. The third kappa shape index (κ3) is 7.34. The number of carbonyl (C=O) groups excluding carboxylic acids is 1. The van der Waals surface area contributed by atoms with Crippen LogP contribution in [0.15, 0.2) is 54.6 Å². The molecule has 0 fully saturated rings.